The van der Waals surface area contributed by atoms with Gasteiger partial charge in [-0.1, -0.05) is 0 Å². The summed E-state index contributed by atoms with van der Waals surface area (Å²) < 4.78 is 4.68. The minimum atomic E-state index is -0.829. The van der Waals surface area contributed by atoms with Gasteiger partial charge in [0.05, 0.1) is 12.7 Å². The molecular formula is C16H19N3O4. The number of hydrogen-bond donors (Lipinski definition) is 1. The first kappa shape index (κ1) is 15.5. The highest BCUT2D eigenvalue weighted by Crippen LogP contribution is 2.38. The van der Waals surface area contributed by atoms with E-state index >= 15 is 0 Å². The van der Waals surface area contributed by atoms with E-state index in [1.807, 2.05) is 0 Å². The number of piperidine rings is 1. The highest BCUT2D eigenvalue weighted by molar-refractivity contribution is 6.16. The average Bonchev–Trinajstić information content (AvgIpc) is 2.77. The van der Waals surface area contributed by atoms with Gasteiger partial charge in [-0.15, -0.1) is 0 Å². The topological polar surface area (TPSA) is 79.0 Å². The van der Waals surface area contributed by atoms with Gasteiger partial charge in [0.25, 0.3) is 5.91 Å². The quantitative estimate of drug-likeness (QED) is 0.650. The number of hydrogen-bond acceptors (Lipinski definition) is 5. The molecular weight excluding hydrogens is 298 g/mol. The van der Waals surface area contributed by atoms with Gasteiger partial charge in [-0.3, -0.25) is 14.6 Å². The Balaban J connectivity index is 2.00. The molecule has 1 aromatic rings. The third-order valence-electron chi connectivity index (χ3n) is 4.59. The maximum atomic E-state index is 12.7. The fourth-order valence-electron chi connectivity index (χ4n) is 3.33. The van der Waals surface area contributed by atoms with Gasteiger partial charge in [-0.25, -0.2) is 9.59 Å². The normalized spacial score (nSPS) is 20.3. The molecule has 0 saturated carbocycles. The molecule has 0 aliphatic carbocycles. The van der Waals surface area contributed by atoms with E-state index < -0.39 is 11.5 Å². The van der Waals surface area contributed by atoms with E-state index in [4.69, 9.17) is 0 Å². The van der Waals surface area contributed by atoms with Crippen LogP contribution in [0.5, 0.6) is 0 Å². The lowest BCUT2D eigenvalue weighted by Crippen LogP contribution is -2.56. The number of carbonyl (C=O) groups excluding carboxylic acids is 3. The summed E-state index contributed by atoms with van der Waals surface area (Å²) in [6.45, 7) is 1.37. The maximum Gasteiger partial charge on any atom is 0.337 e. The molecule has 0 bridgehead atoms. The van der Waals surface area contributed by atoms with Crippen molar-refractivity contribution in [3.63, 3.8) is 0 Å². The molecule has 0 radical (unpaired) electrons. The van der Waals surface area contributed by atoms with Crippen molar-refractivity contribution in [3.8, 4) is 0 Å². The van der Waals surface area contributed by atoms with Crippen molar-refractivity contribution in [3.05, 3.63) is 29.8 Å². The molecule has 1 N–H and O–H groups in total. The zero-order valence-electron chi connectivity index (χ0n) is 13.2. The first-order valence-electron chi connectivity index (χ1n) is 7.53. The van der Waals surface area contributed by atoms with Gasteiger partial charge in [0.15, 0.2) is 0 Å². The van der Waals surface area contributed by atoms with E-state index in [0.29, 0.717) is 37.2 Å². The Hall–Kier alpha value is -2.41. The molecule has 3 rings (SSSR count). The fourth-order valence-corrected chi connectivity index (χ4v) is 3.33. The number of benzene rings is 1. The van der Waals surface area contributed by atoms with Crippen LogP contribution in [0.4, 0.5) is 10.5 Å². The third-order valence-corrected chi connectivity index (χ3v) is 4.59. The highest BCUT2D eigenvalue weighted by atomic mass is 16.5. The minimum Gasteiger partial charge on any atom is -0.465 e. The number of urea groups is 1. The number of ether oxygens (including phenoxy) is 1. The predicted octanol–water partition coefficient (Wildman–Crippen LogP) is 0.994. The van der Waals surface area contributed by atoms with Crippen molar-refractivity contribution in [1.82, 2.24) is 10.2 Å². The lowest BCUT2D eigenvalue weighted by molar-refractivity contribution is -0.130. The highest BCUT2D eigenvalue weighted by Gasteiger charge is 2.56. The number of carbonyl (C=O) groups is 3. The van der Waals surface area contributed by atoms with E-state index in [2.05, 4.69) is 10.1 Å². The molecule has 3 amide bonds. The van der Waals surface area contributed by atoms with E-state index in [0.717, 1.165) is 0 Å². The number of nitrogens with zero attached hydrogens (tertiary/aromatic N) is 2. The number of esters is 1. The Morgan fingerprint density at radius 3 is 2.35 bits per heavy atom. The Morgan fingerprint density at radius 1 is 1.17 bits per heavy atom. The lowest BCUT2D eigenvalue weighted by Gasteiger charge is -2.38. The van der Waals surface area contributed by atoms with Gasteiger partial charge < -0.3 is 10.1 Å². The van der Waals surface area contributed by atoms with E-state index in [9.17, 15) is 14.4 Å². The Morgan fingerprint density at radius 2 is 1.78 bits per heavy atom. The number of anilines is 1. The number of methoxy groups -OCH3 is 1. The smallest absolute Gasteiger partial charge is 0.337 e. The standard InChI is InChI=1S/C16H19N3O4/c1-18-14(21)16(7-9-17-10-8-16)19(15(18)22)12-5-3-11(4-6-12)13(20)23-2/h3-6,17H,7-10H2,1-2H3. The van der Waals surface area contributed by atoms with Crippen molar-refractivity contribution >= 4 is 23.6 Å². The van der Waals surface area contributed by atoms with E-state index in [1.165, 1.54) is 19.1 Å². The van der Waals surface area contributed by atoms with Gasteiger partial charge in [-0.05, 0) is 50.2 Å². The number of rotatable bonds is 2. The van der Waals surface area contributed by atoms with Crippen molar-refractivity contribution in [1.29, 1.82) is 0 Å². The predicted molar refractivity (Wildman–Crippen MR) is 83.3 cm³/mol. The first-order valence-corrected chi connectivity index (χ1v) is 7.53. The number of imide groups is 1. The van der Waals surface area contributed by atoms with Crippen molar-refractivity contribution in [2.45, 2.75) is 18.4 Å². The van der Waals surface area contributed by atoms with Crippen LogP contribution in [0.25, 0.3) is 0 Å². The fraction of sp³-hybridized carbons (Fsp3) is 0.438. The second kappa shape index (κ2) is 5.66. The van der Waals surface area contributed by atoms with Crippen LogP contribution in [0.2, 0.25) is 0 Å². The van der Waals surface area contributed by atoms with E-state index in [1.54, 1.807) is 29.2 Å². The maximum absolute atomic E-state index is 12.7. The summed E-state index contributed by atoms with van der Waals surface area (Å²) in [7, 11) is 2.83. The van der Waals surface area contributed by atoms with Crippen LogP contribution in [0, 0.1) is 0 Å². The number of nitrogens with one attached hydrogen (secondary N) is 1. The van der Waals surface area contributed by atoms with Crippen LogP contribution in [0.3, 0.4) is 0 Å². The number of likely N-dealkylation sites (N-methyl/N-ethyl adjacent to an activating group) is 1. The Bertz CT molecular complexity index is 650. The van der Waals surface area contributed by atoms with Crippen molar-refractivity contribution in [2.24, 2.45) is 0 Å². The molecule has 0 atom stereocenters. The Kier molecular flexibility index (Phi) is 3.81. The summed E-state index contributed by atoms with van der Waals surface area (Å²) in [5, 5.41) is 3.22. The van der Waals surface area contributed by atoms with Crippen LogP contribution in [0.15, 0.2) is 24.3 Å². The van der Waals surface area contributed by atoms with E-state index in [-0.39, 0.29) is 11.9 Å². The molecule has 0 aromatic heterocycles. The molecule has 1 aromatic carbocycles. The molecule has 2 heterocycles. The zero-order chi connectivity index (χ0) is 16.6. The molecule has 122 valence electrons. The van der Waals surface area contributed by atoms with Crippen LogP contribution >= 0.6 is 0 Å². The molecule has 2 saturated heterocycles. The van der Waals surface area contributed by atoms with Gasteiger partial charge >= 0.3 is 12.0 Å². The van der Waals surface area contributed by atoms with Crippen molar-refractivity contribution < 1.29 is 19.1 Å². The summed E-state index contributed by atoms with van der Waals surface area (Å²) in [6, 6.07) is 6.24. The molecule has 23 heavy (non-hydrogen) atoms. The largest absolute Gasteiger partial charge is 0.465 e. The van der Waals surface area contributed by atoms with Gasteiger partial charge in [0.1, 0.15) is 5.54 Å². The molecule has 7 nitrogen and oxygen atoms in total. The van der Waals surface area contributed by atoms with Gasteiger partial charge in [-0.2, -0.15) is 0 Å². The van der Waals surface area contributed by atoms with Crippen molar-refractivity contribution in [2.75, 3.05) is 32.1 Å². The third kappa shape index (κ3) is 2.28. The SMILES string of the molecule is COC(=O)c1ccc(N2C(=O)N(C)C(=O)C23CCNCC3)cc1. The molecule has 2 aliphatic rings. The van der Waals surface area contributed by atoms with Crippen LogP contribution in [-0.4, -0.2) is 55.6 Å². The lowest BCUT2D eigenvalue weighted by atomic mass is 9.86. The van der Waals surface area contributed by atoms with Crippen LogP contribution in [0.1, 0.15) is 23.2 Å². The molecule has 7 heteroatoms. The Labute approximate surface area is 134 Å². The summed E-state index contributed by atoms with van der Waals surface area (Å²) >= 11 is 0. The van der Waals surface area contributed by atoms with Gasteiger partial charge in [0.2, 0.25) is 0 Å². The zero-order valence-corrected chi connectivity index (χ0v) is 13.2. The molecule has 2 fully saturated rings. The monoisotopic (exact) mass is 317 g/mol. The molecule has 1 spiro atoms. The summed E-state index contributed by atoms with van der Waals surface area (Å²) in [6.07, 6.45) is 1.14. The second-order valence-electron chi connectivity index (χ2n) is 5.80. The summed E-state index contributed by atoms with van der Waals surface area (Å²) in [4.78, 5) is 39.5. The first-order chi connectivity index (χ1) is 11.0. The molecule has 2 aliphatic heterocycles. The summed E-state index contributed by atoms with van der Waals surface area (Å²) in [5.41, 5.74) is 0.188. The van der Waals surface area contributed by atoms with Crippen LogP contribution < -0.4 is 10.2 Å². The average molecular weight is 317 g/mol. The summed E-state index contributed by atoms with van der Waals surface area (Å²) in [5.74, 6) is -0.602. The number of amides is 3. The second-order valence-corrected chi connectivity index (χ2v) is 5.80. The van der Waals surface area contributed by atoms with Crippen LogP contribution in [-0.2, 0) is 9.53 Å². The van der Waals surface area contributed by atoms with Gasteiger partial charge in [0, 0.05) is 12.7 Å². The minimum absolute atomic E-state index is 0.166. The molecule has 0 unspecified atom stereocenters.